The number of thioether (sulfide) groups is 1. The molecule has 0 saturated carbocycles. The molecule has 2 amide bonds. The van der Waals surface area contributed by atoms with E-state index in [1.807, 2.05) is 18.4 Å². The molecule has 7 nitrogen and oxygen atoms in total. The van der Waals surface area contributed by atoms with Gasteiger partial charge in [0.15, 0.2) is 11.6 Å². The number of carbonyl (C=O) groups is 2. The second-order valence-electron chi connectivity index (χ2n) is 7.68. The maximum absolute atomic E-state index is 14.1. The number of aromatic hydroxyl groups is 1. The van der Waals surface area contributed by atoms with Crippen LogP contribution in [0.5, 0.6) is 5.75 Å². The van der Waals surface area contributed by atoms with Crippen molar-refractivity contribution in [2.45, 2.75) is 17.9 Å². The molecule has 0 unspecified atom stereocenters. The standard InChI is InChI=1S/C26H26FN3O4S/c1-16(7-14-24(32)30-22-6-4-3-5-21(22)28)25(17-8-13-23(31)20(27)15-17)34-26(33)29-18-9-11-19(35-2)12-10-18/h3-16,25,31H,28H2,1-2H3,(H,29,33)(H,30,32)/b14-7+/t16-,25+/m1/s1. The van der Waals surface area contributed by atoms with E-state index >= 15 is 0 Å². The Morgan fingerprint density at radius 1 is 1.09 bits per heavy atom. The van der Waals surface area contributed by atoms with E-state index in [0.29, 0.717) is 22.6 Å². The maximum atomic E-state index is 14.1. The van der Waals surface area contributed by atoms with E-state index in [0.717, 1.165) is 11.0 Å². The average molecular weight is 496 g/mol. The van der Waals surface area contributed by atoms with Gasteiger partial charge in [-0.2, -0.15) is 0 Å². The van der Waals surface area contributed by atoms with Gasteiger partial charge in [0, 0.05) is 16.5 Å². The van der Waals surface area contributed by atoms with Crippen molar-refractivity contribution in [3.63, 3.8) is 0 Å². The lowest BCUT2D eigenvalue weighted by Gasteiger charge is -2.23. The van der Waals surface area contributed by atoms with Gasteiger partial charge in [-0.25, -0.2) is 9.18 Å². The first-order valence-electron chi connectivity index (χ1n) is 10.7. The Bertz CT molecular complexity index is 1220. The molecule has 0 bridgehead atoms. The molecule has 0 saturated heterocycles. The first-order chi connectivity index (χ1) is 16.8. The lowest BCUT2D eigenvalue weighted by atomic mass is 9.96. The molecule has 182 valence electrons. The summed E-state index contributed by atoms with van der Waals surface area (Å²) >= 11 is 1.57. The van der Waals surface area contributed by atoms with Crippen LogP contribution in [0.3, 0.4) is 0 Å². The Morgan fingerprint density at radius 2 is 1.80 bits per heavy atom. The van der Waals surface area contributed by atoms with Crippen LogP contribution < -0.4 is 16.4 Å². The fraction of sp³-hybridized carbons (Fsp3) is 0.154. The fourth-order valence-electron chi connectivity index (χ4n) is 3.24. The summed E-state index contributed by atoms with van der Waals surface area (Å²) < 4.78 is 19.7. The van der Waals surface area contributed by atoms with Crippen LogP contribution in [-0.2, 0) is 9.53 Å². The third-order valence-electron chi connectivity index (χ3n) is 5.12. The highest BCUT2D eigenvalue weighted by molar-refractivity contribution is 7.98. The van der Waals surface area contributed by atoms with Crippen LogP contribution in [0.15, 0.2) is 83.8 Å². The van der Waals surface area contributed by atoms with E-state index < -0.39 is 35.6 Å². The van der Waals surface area contributed by atoms with Gasteiger partial charge in [-0.3, -0.25) is 10.1 Å². The SMILES string of the molecule is CSc1ccc(NC(=O)O[C@H](c2ccc(O)c(F)c2)[C@H](C)/C=C/C(=O)Nc2ccccc2N)cc1. The molecule has 3 aromatic rings. The number of nitrogens with one attached hydrogen (secondary N) is 2. The summed E-state index contributed by atoms with van der Waals surface area (Å²) in [6, 6.07) is 17.8. The molecule has 0 heterocycles. The predicted molar refractivity (Wildman–Crippen MR) is 137 cm³/mol. The van der Waals surface area contributed by atoms with E-state index in [-0.39, 0.29) is 0 Å². The number of ether oxygens (including phenoxy) is 1. The zero-order chi connectivity index (χ0) is 25.4. The molecular weight excluding hydrogens is 469 g/mol. The Balaban J connectivity index is 1.75. The van der Waals surface area contributed by atoms with Gasteiger partial charge >= 0.3 is 6.09 Å². The van der Waals surface area contributed by atoms with Crippen LogP contribution >= 0.6 is 11.8 Å². The zero-order valence-corrected chi connectivity index (χ0v) is 20.0. The summed E-state index contributed by atoms with van der Waals surface area (Å²) in [5, 5.41) is 14.9. The third kappa shape index (κ3) is 7.25. The molecule has 0 aliphatic heterocycles. The molecule has 0 spiro atoms. The van der Waals surface area contributed by atoms with Crippen molar-refractivity contribution < 1.29 is 23.8 Å². The average Bonchev–Trinajstić information content (AvgIpc) is 2.85. The number of benzene rings is 3. The van der Waals surface area contributed by atoms with E-state index in [1.54, 1.807) is 61.2 Å². The van der Waals surface area contributed by atoms with Crippen LogP contribution in [0.4, 0.5) is 26.2 Å². The molecule has 3 rings (SSSR count). The Hall–Kier alpha value is -3.98. The molecule has 0 aliphatic rings. The number of rotatable bonds is 8. The second-order valence-corrected chi connectivity index (χ2v) is 8.56. The van der Waals surface area contributed by atoms with Crippen molar-refractivity contribution in [2.24, 2.45) is 5.92 Å². The third-order valence-corrected chi connectivity index (χ3v) is 5.86. The van der Waals surface area contributed by atoms with Crippen molar-refractivity contribution in [1.82, 2.24) is 0 Å². The molecule has 2 atom stereocenters. The van der Waals surface area contributed by atoms with Gasteiger partial charge in [-0.05, 0) is 66.4 Å². The summed E-state index contributed by atoms with van der Waals surface area (Å²) in [5.41, 5.74) is 7.59. The van der Waals surface area contributed by atoms with Gasteiger partial charge in [-0.1, -0.05) is 31.2 Å². The smallest absolute Gasteiger partial charge is 0.412 e. The molecule has 0 aliphatic carbocycles. The normalized spacial score (nSPS) is 12.7. The van der Waals surface area contributed by atoms with E-state index in [1.165, 1.54) is 18.2 Å². The number of para-hydroxylation sites is 2. The Labute approximate surface area is 207 Å². The van der Waals surface area contributed by atoms with Gasteiger partial charge in [0.1, 0.15) is 6.10 Å². The molecule has 3 aromatic carbocycles. The molecule has 5 N–H and O–H groups in total. The number of nitrogen functional groups attached to an aromatic ring is 1. The molecule has 0 aromatic heterocycles. The summed E-state index contributed by atoms with van der Waals surface area (Å²) in [4.78, 5) is 26.0. The first kappa shape index (κ1) is 25.6. The minimum Gasteiger partial charge on any atom is -0.505 e. The number of carbonyl (C=O) groups excluding carboxylic acids is 2. The summed E-state index contributed by atoms with van der Waals surface area (Å²) in [5.74, 6) is -2.32. The number of hydrogen-bond acceptors (Lipinski definition) is 6. The summed E-state index contributed by atoms with van der Waals surface area (Å²) in [7, 11) is 0. The highest BCUT2D eigenvalue weighted by atomic mass is 32.2. The molecule has 35 heavy (non-hydrogen) atoms. The number of phenols is 1. The quantitative estimate of drug-likeness (QED) is 0.174. The van der Waals surface area contributed by atoms with Gasteiger partial charge in [0.25, 0.3) is 0 Å². The van der Waals surface area contributed by atoms with Crippen LogP contribution in [0.1, 0.15) is 18.6 Å². The van der Waals surface area contributed by atoms with Crippen molar-refractivity contribution in [2.75, 3.05) is 22.6 Å². The molecular formula is C26H26FN3O4S. The van der Waals surface area contributed by atoms with Crippen molar-refractivity contribution in [3.05, 3.63) is 90.3 Å². The van der Waals surface area contributed by atoms with E-state index in [9.17, 15) is 19.1 Å². The van der Waals surface area contributed by atoms with Crippen LogP contribution in [-0.4, -0.2) is 23.4 Å². The summed E-state index contributed by atoms with van der Waals surface area (Å²) in [6.07, 6.45) is 3.10. The van der Waals surface area contributed by atoms with Gasteiger partial charge in [0.05, 0.1) is 11.4 Å². The highest BCUT2D eigenvalue weighted by Crippen LogP contribution is 2.31. The predicted octanol–water partition coefficient (Wildman–Crippen LogP) is 5.96. The fourth-order valence-corrected chi connectivity index (χ4v) is 3.65. The van der Waals surface area contributed by atoms with Crippen LogP contribution in [0.2, 0.25) is 0 Å². The monoisotopic (exact) mass is 495 g/mol. The lowest BCUT2D eigenvalue weighted by molar-refractivity contribution is -0.111. The molecule has 9 heteroatoms. The number of hydrogen-bond donors (Lipinski definition) is 4. The Kier molecular flexibility index (Phi) is 8.74. The number of anilines is 3. The van der Waals surface area contributed by atoms with Crippen molar-refractivity contribution >= 4 is 40.8 Å². The minimum absolute atomic E-state index is 0.318. The van der Waals surface area contributed by atoms with Gasteiger partial charge in [0.2, 0.25) is 5.91 Å². The summed E-state index contributed by atoms with van der Waals surface area (Å²) in [6.45, 7) is 1.72. The minimum atomic E-state index is -0.943. The first-order valence-corrected chi connectivity index (χ1v) is 11.9. The maximum Gasteiger partial charge on any atom is 0.412 e. The van der Waals surface area contributed by atoms with Gasteiger partial charge in [-0.15, -0.1) is 11.8 Å². The number of nitrogens with two attached hydrogens (primary N) is 1. The zero-order valence-electron chi connectivity index (χ0n) is 19.2. The van der Waals surface area contributed by atoms with E-state index in [4.69, 9.17) is 10.5 Å². The largest absolute Gasteiger partial charge is 0.505 e. The van der Waals surface area contributed by atoms with Crippen molar-refractivity contribution in [3.8, 4) is 5.75 Å². The van der Waals surface area contributed by atoms with Crippen LogP contribution in [0, 0.1) is 11.7 Å². The van der Waals surface area contributed by atoms with E-state index in [2.05, 4.69) is 10.6 Å². The van der Waals surface area contributed by atoms with Crippen LogP contribution in [0.25, 0.3) is 0 Å². The van der Waals surface area contributed by atoms with Gasteiger partial charge < -0.3 is 20.9 Å². The topological polar surface area (TPSA) is 114 Å². The number of amides is 2. The molecule has 0 fully saturated rings. The number of halogens is 1. The highest BCUT2D eigenvalue weighted by Gasteiger charge is 2.24. The number of phenolic OH excluding ortho intramolecular Hbond substituents is 1. The Morgan fingerprint density at radius 3 is 2.46 bits per heavy atom. The second kappa shape index (κ2) is 11.9. The molecule has 0 radical (unpaired) electrons. The lowest BCUT2D eigenvalue weighted by Crippen LogP contribution is -2.21. The van der Waals surface area contributed by atoms with Crippen molar-refractivity contribution in [1.29, 1.82) is 0 Å².